The molecule has 2 bridgehead atoms. The van der Waals surface area contributed by atoms with Gasteiger partial charge in [-0.3, -0.25) is 4.79 Å². The molecule has 0 saturated heterocycles. The van der Waals surface area contributed by atoms with E-state index >= 15 is 0 Å². The minimum atomic E-state index is -3.72. The second kappa shape index (κ2) is 11.7. The number of fused-ring (bicyclic) bond motifs is 1. The van der Waals surface area contributed by atoms with Crippen LogP contribution < -0.4 is 9.47 Å². The van der Waals surface area contributed by atoms with Crippen molar-refractivity contribution in [1.82, 2.24) is 4.31 Å². The van der Waals surface area contributed by atoms with Crippen LogP contribution in [0.1, 0.15) is 96.5 Å². The zero-order chi connectivity index (χ0) is 34.3. The summed E-state index contributed by atoms with van der Waals surface area (Å²) >= 11 is 0. The van der Waals surface area contributed by atoms with Gasteiger partial charge in [-0.2, -0.15) is 4.31 Å². The van der Waals surface area contributed by atoms with E-state index in [0.29, 0.717) is 29.9 Å². The van der Waals surface area contributed by atoms with Gasteiger partial charge in [0.1, 0.15) is 11.5 Å². The zero-order valence-electron chi connectivity index (χ0n) is 29.5. The molecule has 8 atom stereocenters. The Kier molecular flexibility index (Phi) is 8.33. The molecule has 0 amide bonds. The predicted molar refractivity (Wildman–Crippen MR) is 185 cm³/mol. The first kappa shape index (κ1) is 34.3. The Morgan fingerprint density at radius 2 is 1.62 bits per heavy atom. The monoisotopic (exact) mass is 681 g/mol. The molecule has 8 rings (SSSR count). The van der Waals surface area contributed by atoms with Crippen molar-refractivity contribution in [3.05, 3.63) is 47.6 Å². The highest BCUT2D eigenvalue weighted by Crippen LogP contribution is 2.78. The van der Waals surface area contributed by atoms with E-state index in [-0.39, 0.29) is 53.6 Å². The van der Waals surface area contributed by atoms with Crippen LogP contribution in [-0.2, 0) is 21.4 Å². The Hall–Kier alpha value is -2.20. The number of aliphatic hydroxyl groups is 2. The molecule has 0 aromatic heterocycles. The normalized spacial score (nSPS) is 40.6. The Balaban J connectivity index is 1.28. The Bertz CT molecular complexity index is 1630. The number of allylic oxidation sites excluding steroid dienone is 4. The van der Waals surface area contributed by atoms with Gasteiger partial charge in [0.2, 0.25) is 10.0 Å². The van der Waals surface area contributed by atoms with Gasteiger partial charge in [0.05, 0.1) is 32.2 Å². The minimum Gasteiger partial charge on any atom is -0.497 e. The van der Waals surface area contributed by atoms with Crippen LogP contribution in [0.3, 0.4) is 0 Å². The maximum Gasteiger partial charge on any atom is 0.211 e. The highest BCUT2D eigenvalue weighted by molar-refractivity contribution is 7.88. The Labute approximate surface area is 287 Å². The average Bonchev–Trinajstić information content (AvgIpc) is 3.34. The fourth-order valence-electron chi connectivity index (χ4n) is 12.0. The molecule has 9 heteroatoms. The van der Waals surface area contributed by atoms with Crippen LogP contribution in [0.2, 0.25) is 0 Å². The van der Waals surface area contributed by atoms with Crippen molar-refractivity contribution >= 4 is 15.8 Å². The van der Waals surface area contributed by atoms with Crippen LogP contribution in [0.25, 0.3) is 0 Å². The first-order valence-corrected chi connectivity index (χ1v) is 20.1. The van der Waals surface area contributed by atoms with E-state index in [1.807, 2.05) is 6.07 Å². The van der Waals surface area contributed by atoms with Crippen molar-refractivity contribution in [1.29, 1.82) is 0 Å². The first-order chi connectivity index (χ1) is 22.7. The largest absolute Gasteiger partial charge is 0.497 e. The topological polar surface area (TPSA) is 113 Å². The van der Waals surface area contributed by atoms with Crippen molar-refractivity contribution in [3.8, 4) is 11.5 Å². The van der Waals surface area contributed by atoms with E-state index in [9.17, 15) is 23.4 Å². The smallest absolute Gasteiger partial charge is 0.211 e. The molecule has 4 fully saturated rings. The SMILES string of the molecule is COc1ccc(CN(CC2(O)CCC3C45C=CC6(C=C4C(=O)C4CCCCC4)CC(O)CCC6(C)C5CCC32C)S(C)(=O)=O)c(OC)c1. The third-order valence-electron chi connectivity index (χ3n) is 14.7. The summed E-state index contributed by atoms with van der Waals surface area (Å²) in [5, 5.41) is 23.8. The number of methoxy groups -OCH3 is 2. The molecule has 7 aliphatic carbocycles. The van der Waals surface area contributed by atoms with Gasteiger partial charge in [0.25, 0.3) is 0 Å². The molecule has 1 aromatic rings. The van der Waals surface area contributed by atoms with Crippen LogP contribution in [0.15, 0.2) is 42.0 Å². The van der Waals surface area contributed by atoms with Crippen molar-refractivity contribution in [3.63, 3.8) is 0 Å². The van der Waals surface area contributed by atoms with Gasteiger partial charge in [-0.15, -0.1) is 0 Å². The van der Waals surface area contributed by atoms with Gasteiger partial charge in [-0.05, 0) is 81.1 Å². The molecule has 1 aromatic carbocycles. The molecule has 2 spiro atoms. The van der Waals surface area contributed by atoms with Crippen molar-refractivity contribution in [2.24, 2.45) is 39.4 Å². The molecule has 2 N–H and O–H groups in total. The molecule has 4 saturated carbocycles. The lowest BCUT2D eigenvalue weighted by Crippen LogP contribution is -2.67. The number of Topliss-reactive ketones (excluding diaryl/α,β-unsaturated/α-hetero) is 1. The van der Waals surface area contributed by atoms with E-state index in [2.05, 4.69) is 32.1 Å². The average molecular weight is 682 g/mol. The molecule has 7 aliphatic rings. The van der Waals surface area contributed by atoms with Gasteiger partial charge >= 0.3 is 0 Å². The number of ether oxygens (including phenoxy) is 2. The summed E-state index contributed by atoms with van der Waals surface area (Å²) in [6, 6.07) is 5.36. The molecule has 0 aliphatic heterocycles. The number of nitrogens with zero attached hydrogens (tertiary/aromatic N) is 1. The molecule has 0 radical (unpaired) electrons. The van der Waals surface area contributed by atoms with E-state index in [1.165, 1.54) is 17.0 Å². The van der Waals surface area contributed by atoms with Crippen LogP contribution in [0.4, 0.5) is 0 Å². The summed E-state index contributed by atoms with van der Waals surface area (Å²) in [5.41, 5.74) is -1.22. The summed E-state index contributed by atoms with van der Waals surface area (Å²) in [6.07, 6.45) is 18.2. The third kappa shape index (κ3) is 4.84. The van der Waals surface area contributed by atoms with E-state index in [0.717, 1.165) is 63.4 Å². The highest BCUT2D eigenvalue weighted by atomic mass is 32.2. The van der Waals surface area contributed by atoms with Gasteiger partial charge in [-0.25, -0.2) is 8.42 Å². The van der Waals surface area contributed by atoms with Crippen molar-refractivity contribution < 1.29 is 32.9 Å². The van der Waals surface area contributed by atoms with Gasteiger partial charge in [0, 0.05) is 52.5 Å². The van der Waals surface area contributed by atoms with Crippen molar-refractivity contribution in [2.45, 2.75) is 109 Å². The highest BCUT2D eigenvalue weighted by Gasteiger charge is 2.74. The van der Waals surface area contributed by atoms with E-state index in [4.69, 9.17) is 9.47 Å². The summed E-state index contributed by atoms with van der Waals surface area (Å²) in [4.78, 5) is 14.8. The maximum atomic E-state index is 14.8. The number of hydrogen-bond donors (Lipinski definition) is 2. The van der Waals surface area contributed by atoms with Crippen LogP contribution in [-0.4, -0.2) is 67.4 Å². The summed E-state index contributed by atoms with van der Waals surface area (Å²) in [7, 11) is -0.584. The minimum absolute atomic E-state index is 0.0114. The number of carbonyl (C=O) groups is 1. The van der Waals surface area contributed by atoms with Gasteiger partial charge < -0.3 is 19.7 Å². The molecule has 264 valence electrons. The van der Waals surface area contributed by atoms with Gasteiger partial charge in [0.15, 0.2) is 5.78 Å². The molecule has 8 unspecified atom stereocenters. The molecular weight excluding hydrogens is 626 g/mol. The zero-order valence-corrected chi connectivity index (χ0v) is 30.3. The molecule has 48 heavy (non-hydrogen) atoms. The second-order valence-corrected chi connectivity index (χ2v) is 18.7. The quantitative estimate of drug-likeness (QED) is 0.298. The number of rotatable bonds is 9. The van der Waals surface area contributed by atoms with Crippen LogP contribution >= 0.6 is 0 Å². The van der Waals surface area contributed by atoms with Crippen LogP contribution in [0.5, 0.6) is 11.5 Å². The number of hydrogen-bond acceptors (Lipinski definition) is 7. The predicted octanol–water partition coefficient (Wildman–Crippen LogP) is 6.21. The first-order valence-electron chi connectivity index (χ1n) is 18.2. The summed E-state index contributed by atoms with van der Waals surface area (Å²) in [5.74, 6) is 1.68. The fourth-order valence-corrected chi connectivity index (χ4v) is 12.8. The summed E-state index contributed by atoms with van der Waals surface area (Å²) < 4.78 is 39.2. The standard InChI is InChI=1S/C39H55NO7S/c1-35-16-13-28(41)22-37(35)19-20-39(30(23-37)34(42)26-9-7-6-8-10-26)32(35)14-17-36(2)33(39)15-18-38(36,43)25-40(48(5,44)45)24-27-11-12-29(46-3)21-31(27)47-4/h11-12,19-21,23,26,28,32-33,41,43H,6-10,13-18,22,24-25H2,1-5H3. The number of sulfonamides is 1. The molecule has 0 heterocycles. The molecule has 8 nitrogen and oxygen atoms in total. The summed E-state index contributed by atoms with van der Waals surface area (Å²) in [6.45, 7) is 4.61. The lowest BCUT2D eigenvalue weighted by molar-refractivity contribution is -0.177. The lowest BCUT2D eigenvalue weighted by Gasteiger charge is -2.71. The van der Waals surface area contributed by atoms with Crippen LogP contribution in [0, 0.1) is 39.4 Å². The number of benzene rings is 1. The van der Waals surface area contributed by atoms with Gasteiger partial charge in [-0.1, -0.05) is 57.4 Å². The van der Waals surface area contributed by atoms with E-state index in [1.54, 1.807) is 26.4 Å². The van der Waals surface area contributed by atoms with Crippen molar-refractivity contribution in [2.75, 3.05) is 27.0 Å². The lowest BCUT2D eigenvalue weighted by atomic mass is 9.32. The Morgan fingerprint density at radius 3 is 2.31 bits per heavy atom. The number of carbonyl (C=O) groups excluding carboxylic acids is 1. The molecular formula is C39H55NO7S. The Morgan fingerprint density at radius 1 is 0.938 bits per heavy atom. The fraction of sp³-hybridized carbons (Fsp3) is 0.718. The second-order valence-electron chi connectivity index (χ2n) is 16.7. The number of ketones is 1. The maximum absolute atomic E-state index is 14.8. The third-order valence-corrected chi connectivity index (χ3v) is 15.9. The number of aliphatic hydroxyl groups excluding tert-OH is 1. The van der Waals surface area contributed by atoms with E-state index < -0.39 is 26.5 Å².